The molecule has 1 rings (SSSR count). The number of nitrogens with zero attached hydrogens (tertiary/aromatic N) is 2. The van der Waals surface area contributed by atoms with Crippen molar-refractivity contribution in [3.8, 4) is 0 Å². The van der Waals surface area contributed by atoms with Crippen LogP contribution in [0, 0.1) is 0 Å². The normalized spacial score (nSPS) is 16.9. The summed E-state index contributed by atoms with van der Waals surface area (Å²) in [5, 5.41) is 9.94. The van der Waals surface area contributed by atoms with Gasteiger partial charge in [0, 0.05) is 6.54 Å². The Balaban J connectivity index is 2.15. The van der Waals surface area contributed by atoms with Gasteiger partial charge >= 0.3 is 0 Å². The van der Waals surface area contributed by atoms with Gasteiger partial charge in [-0.25, -0.2) is 16.3 Å². The second-order valence-electron chi connectivity index (χ2n) is 2.17. The van der Waals surface area contributed by atoms with Gasteiger partial charge in [0.15, 0.2) is 0 Å². The first kappa shape index (κ1) is 8.25. The molecule has 5 N–H and O–H groups in total. The molecule has 0 aliphatic carbocycles. The number of hydrogen-bond acceptors (Lipinski definition) is 6. The molecule has 11 heavy (non-hydrogen) atoms. The molecular weight excluding hydrogens is 146 g/mol. The number of aliphatic hydroxyl groups is 1. The second kappa shape index (κ2) is 4.12. The summed E-state index contributed by atoms with van der Waals surface area (Å²) in [5.41, 5.74) is 5.53. The number of hydrazine groups is 2. The van der Waals surface area contributed by atoms with E-state index in [2.05, 4.69) is 15.8 Å². The maximum absolute atomic E-state index is 8.42. The van der Waals surface area contributed by atoms with E-state index in [-0.39, 0.29) is 6.61 Å². The van der Waals surface area contributed by atoms with Crippen LogP contribution in [0.1, 0.15) is 0 Å². The van der Waals surface area contributed by atoms with Crippen molar-refractivity contribution < 1.29 is 5.11 Å². The smallest absolute Gasteiger partial charge is 0.223 e. The number of aliphatic imine (C=N–C) groups is 1. The third-order valence-corrected chi connectivity index (χ3v) is 1.31. The highest BCUT2D eigenvalue weighted by Crippen LogP contribution is 1.89. The molecule has 0 radical (unpaired) electrons. The first-order chi connectivity index (χ1) is 5.34. The summed E-state index contributed by atoms with van der Waals surface area (Å²) in [7, 11) is 0. The molecule has 0 saturated carbocycles. The monoisotopic (exact) mass is 159 g/mol. The van der Waals surface area contributed by atoms with Crippen LogP contribution < -0.4 is 16.7 Å². The van der Waals surface area contributed by atoms with E-state index >= 15 is 0 Å². The predicted molar refractivity (Wildman–Crippen MR) is 41.4 cm³/mol. The van der Waals surface area contributed by atoms with Gasteiger partial charge in [-0.05, 0) is 0 Å². The first-order valence-corrected chi connectivity index (χ1v) is 3.51. The molecule has 0 amide bonds. The minimum atomic E-state index is 0.0881. The van der Waals surface area contributed by atoms with Crippen LogP contribution >= 0.6 is 0 Å². The molecular formula is C5H13N5O. The number of hydrogen-bond donors (Lipinski definition) is 4. The van der Waals surface area contributed by atoms with E-state index in [1.165, 1.54) is 5.01 Å². The van der Waals surface area contributed by atoms with Crippen molar-refractivity contribution in [2.45, 2.75) is 0 Å². The summed E-state index contributed by atoms with van der Waals surface area (Å²) in [6.07, 6.45) is 0. The molecule has 1 aliphatic rings. The largest absolute Gasteiger partial charge is 0.395 e. The Bertz CT molecular complexity index is 148. The van der Waals surface area contributed by atoms with Gasteiger partial charge < -0.3 is 5.11 Å². The first-order valence-electron chi connectivity index (χ1n) is 3.51. The van der Waals surface area contributed by atoms with Gasteiger partial charge in [0.05, 0.1) is 19.7 Å². The van der Waals surface area contributed by atoms with E-state index in [4.69, 9.17) is 10.9 Å². The number of nitrogens with two attached hydrogens (primary N) is 1. The summed E-state index contributed by atoms with van der Waals surface area (Å²) < 4.78 is 0. The van der Waals surface area contributed by atoms with Crippen molar-refractivity contribution in [3.05, 3.63) is 0 Å². The average molecular weight is 159 g/mol. The SMILES string of the molecule is NN1CCN=C1NNCCO. The molecule has 0 unspecified atom stereocenters. The highest BCUT2D eigenvalue weighted by molar-refractivity contribution is 5.80. The summed E-state index contributed by atoms with van der Waals surface area (Å²) in [5.74, 6) is 6.12. The lowest BCUT2D eigenvalue weighted by Crippen LogP contribution is -2.49. The van der Waals surface area contributed by atoms with Gasteiger partial charge in [-0.15, -0.1) is 0 Å². The zero-order valence-electron chi connectivity index (χ0n) is 6.25. The molecule has 0 spiro atoms. The van der Waals surface area contributed by atoms with Crippen LogP contribution in [0.4, 0.5) is 0 Å². The van der Waals surface area contributed by atoms with Crippen LogP contribution in [0.15, 0.2) is 4.99 Å². The molecule has 0 aromatic rings. The minimum Gasteiger partial charge on any atom is -0.395 e. The van der Waals surface area contributed by atoms with Crippen molar-refractivity contribution in [3.63, 3.8) is 0 Å². The van der Waals surface area contributed by atoms with E-state index in [0.717, 1.165) is 13.1 Å². The maximum Gasteiger partial charge on any atom is 0.223 e. The zero-order valence-corrected chi connectivity index (χ0v) is 6.25. The number of nitrogens with one attached hydrogen (secondary N) is 2. The highest BCUT2D eigenvalue weighted by Gasteiger charge is 2.11. The molecule has 0 aromatic carbocycles. The van der Waals surface area contributed by atoms with E-state index in [1.54, 1.807) is 0 Å². The molecule has 0 bridgehead atoms. The average Bonchev–Trinajstić information content (AvgIpc) is 2.37. The van der Waals surface area contributed by atoms with Gasteiger partial charge in [-0.2, -0.15) is 0 Å². The van der Waals surface area contributed by atoms with Crippen LogP contribution in [-0.2, 0) is 0 Å². The quantitative estimate of drug-likeness (QED) is 0.210. The summed E-state index contributed by atoms with van der Waals surface area (Å²) in [6.45, 7) is 2.03. The van der Waals surface area contributed by atoms with Gasteiger partial charge in [-0.3, -0.25) is 10.4 Å². The Morgan fingerprint density at radius 3 is 3.09 bits per heavy atom. The van der Waals surface area contributed by atoms with Crippen molar-refractivity contribution in [2.24, 2.45) is 10.8 Å². The fourth-order valence-electron chi connectivity index (χ4n) is 0.769. The molecule has 6 heteroatoms. The summed E-state index contributed by atoms with van der Waals surface area (Å²) in [4.78, 5) is 4.05. The molecule has 1 aliphatic heterocycles. The lowest BCUT2D eigenvalue weighted by atomic mass is 10.7. The van der Waals surface area contributed by atoms with E-state index in [0.29, 0.717) is 12.5 Å². The van der Waals surface area contributed by atoms with Crippen molar-refractivity contribution in [1.29, 1.82) is 0 Å². The van der Waals surface area contributed by atoms with E-state index < -0.39 is 0 Å². The molecule has 0 saturated heterocycles. The Morgan fingerprint density at radius 1 is 1.73 bits per heavy atom. The van der Waals surface area contributed by atoms with Crippen LogP contribution in [0.5, 0.6) is 0 Å². The third-order valence-electron chi connectivity index (χ3n) is 1.31. The third kappa shape index (κ3) is 2.34. The van der Waals surface area contributed by atoms with Crippen LogP contribution in [0.2, 0.25) is 0 Å². The van der Waals surface area contributed by atoms with Gasteiger partial charge in [0.1, 0.15) is 0 Å². The standard InChI is InChI=1S/C5H13N5O/c6-10-3-1-7-5(10)9-8-2-4-11/h8,11H,1-4,6H2,(H,7,9). The molecule has 0 aromatic heterocycles. The van der Waals surface area contributed by atoms with E-state index in [9.17, 15) is 0 Å². The highest BCUT2D eigenvalue weighted by atomic mass is 16.3. The van der Waals surface area contributed by atoms with Crippen molar-refractivity contribution in [1.82, 2.24) is 15.9 Å². The predicted octanol–water partition coefficient (Wildman–Crippen LogP) is -2.38. The molecule has 1 heterocycles. The minimum absolute atomic E-state index is 0.0881. The molecule has 64 valence electrons. The topological polar surface area (TPSA) is 85.9 Å². The molecule has 0 fully saturated rings. The fourth-order valence-corrected chi connectivity index (χ4v) is 0.769. The van der Waals surface area contributed by atoms with Gasteiger partial charge in [0.25, 0.3) is 0 Å². The Hall–Kier alpha value is -0.850. The maximum atomic E-state index is 8.42. The van der Waals surface area contributed by atoms with Gasteiger partial charge in [0.2, 0.25) is 5.96 Å². The lowest BCUT2D eigenvalue weighted by Gasteiger charge is -2.14. The van der Waals surface area contributed by atoms with Crippen molar-refractivity contribution in [2.75, 3.05) is 26.2 Å². The fraction of sp³-hybridized carbons (Fsp3) is 0.800. The van der Waals surface area contributed by atoms with Gasteiger partial charge in [-0.1, -0.05) is 0 Å². The molecule has 6 nitrogen and oxygen atoms in total. The van der Waals surface area contributed by atoms with Crippen LogP contribution in [-0.4, -0.2) is 42.3 Å². The summed E-state index contributed by atoms with van der Waals surface area (Å²) in [6, 6.07) is 0. The van der Waals surface area contributed by atoms with Crippen LogP contribution in [0.25, 0.3) is 0 Å². The van der Waals surface area contributed by atoms with Crippen molar-refractivity contribution >= 4 is 5.96 Å². The second-order valence-corrected chi connectivity index (χ2v) is 2.17. The summed E-state index contributed by atoms with van der Waals surface area (Å²) >= 11 is 0. The number of aliphatic hydroxyl groups excluding tert-OH is 1. The molecule has 0 atom stereocenters. The lowest BCUT2D eigenvalue weighted by molar-refractivity contribution is 0.287. The number of rotatable bonds is 3. The number of guanidine groups is 1. The van der Waals surface area contributed by atoms with E-state index in [1.807, 2.05) is 0 Å². The Kier molecular flexibility index (Phi) is 3.09. The Morgan fingerprint density at radius 2 is 2.55 bits per heavy atom. The Labute approximate surface area is 65.0 Å². The van der Waals surface area contributed by atoms with Crippen LogP contribution in [0.3, 0.4) is 0 Å². The zero-order chi connectivity index (χ0) is 8.10.